The number of anilines is 1. The third-order valence-electron chi connectivity index (χ3n) is 4.92. The van der Waals surface area contributed by atoms with E-state index in [0.29, 0.717) is 12.8 Å². The molecular formula is C19H19N3O7. The summed E-state index contributed by atoms with van der Waals surface area (Å²) in [6.07, 6.45) is 3.30. The van der Waals surface area contributed by atoms with Gasteiger partial charge in [-0.05, 0) is 25.8 Å². The maximum Gasteiger partial charge on any atom is 0.326 e. The van der Waals surface area contributed by atoms with Crippen LogP contribution in [0.15, 0.2) is 36.4 Å². The summed E-state index contributed by atoms with van der Waals surface area (Å²) in [4.78, 5) is 60.4. The number of ether oxygens (including phenoxy) is 1. The van der Waals surface area contributed by atoms with Crippen molar-refractivity contribution in [3.8, 4) is 0 Å². The third-order valence-corrected chi connectivity index (χ3v) is 4.92. The number of hydrogen-bond acceptors (Lipinski definition) is 7. The van der Waals surface area contributed by atoms with Crippen molar-refractivity contribution in [3.05, 3.63) is 46.5 Å². The van der Waals surface area contributed by atoms with Gasteiger partial charge < -0.3 is 10.1 Å². The van der Waals surface area contributed by atoms with Crippen molar-refractivity contribution in [2.75, 3.05) is 11.9 Å². The lowest BCUT2D eigenvalue weighted by molar-refractivity contribution is -0.383. The van der Waals surface area contributed by atoms with Crippen molar-refractivity contribution in [1.29, 1.82) is 0 Å². The number of carbonyl (C=O) groups excluding carboxylic acids is 4. The second-order valence-electron chi connectivity index (χ2n) is 6.81. The number of allylic oxidation sites excluding steroid dienone is 2. The number of esters is 1. The maximum absolute atomic E-state index is 12.4. The Bertz CT molecular complexity index is 885. The first kappa shape index (κ1) is 20.2. The molecule has 3 amide bonds. The Balaban J connectivity index is 1.58. The molecule has 2 aliphatic rings. The molecule has 1 aliphatic heterocycles. The number of para-hydroxylation sites is 2. The van der Waals surface area contributed by atoms with Crippen LogP contribution in [0.3, 0.4) is 0 Å². The van der Waals surface area contributed by atoms with Gasteiger partial charge in [-0.25, -0.2) is 0 Å². The zero-order chi connectivity index (χ0) is 21.1. The summed E-state index contributed by atoms with van der Waals surface area (Å²) in [5, 5.41) is 13.3. The topological polar surface area (TPSA) is 136 Å². The van der Waals surface area contributed by atoms with E-state index in [0.717, 1.165) is 4.90 Å². The van der Waals surface area contributed by atoms with E-state index in [-0.39, 0.29) is 11.4 Å². The molecule has 10 nitrogen and oxygen atoms in total. The number of benzene rings is 1. The van der Waals surface area contributed by atoms with Crippen LogP contribution in [-0.4, -0.2) is 46.2 Å². The Morgan fingerprint density at radius 2 is 1.79 bits per heavy atom. The number of rotatable bonds is 6. The highest BCUT2D eigenvalue weighted by Crippen LogP contribution is 2.34. The van der Waals surface area contributed by atoms with Crippen molar-refractivity contribution in [2.45, 2.75) is 25.9 Å². The first-order valence-corrected chi connectivity index (χ1v) is 9.03. The molecule has 0 saturated carbocycles. The van der Waals surface area contributed by atoms with Crippen LogP contribution in [0.1, 0.15) is 19.8 Å². The molecule has 1 fully saturated rings. The van der Waals surface area contributed by atoms with Gasteiger partial charge in [0.15, 0.2) is 6.10 Å². The van der Waals surface area contributed by atoms with E-state index >= 15 is 0 Å². The van der Waals surface area contributed by atoms with Crippen LogP contribution in [0.2, 0.25) is 0 Å². The molecule has 1 N–H and O–H groups in total. The second kappa shape index (κ2) is 8.21. The van der Waals surface area contributed by atoms with Gasteiger partial charge in [0, 0.05) is 6.07 Å². The third kappa shape index (κ3) is 4.15. The molecule has 0 spiro atoms. The van der Waals surface area contributed by atoms with Gasteiger partial charge in [0.2, 0.25) is 11.8 Å². The minimum atomic E-state index is -1.28. The van der Waals surface area contributed by atoms with Crippen LogP contribution in [0.4, 0.5) is 11.4 Å². The van der Waals surface area contributed by atoms with Crippen molar-refractivity contribution >= 4 is 35.1 Å². The number of likely N-dealkylation sites (tertiary alicyclic amines) is 1. The summed E-state index contributed by atoms with van der Waals surface area (Å²) in [6.45, 7) is 0.715. The van der Waals surface area contributed by atoms with Crippen LogP contribution < -0.4 is 5.32 Å². The van der Waals surface area contributed by atoms with Crippen LogP contribution in [0.5, 0.6) is 0 Å². The fourth-order valence-electron chi connectivity index (χ4n) is 3.41. The summed E-state index contributed by atoms with van der Waals surface area (Å²) < 4.78 is 5.01. The number of hydrogen-bond donors (Lipinski definition) is 1. The fraction of sp³-hybridized carbons (Fsp3) is 0.368. The fourth-order valence-corrected chi connectivity index (χ4v) is 3.41. The highest BCUT2D eigenvalue weighted by Gasteiger charge is 2.47. The average Bonchev–Trinajstić information content (AvgIpc) is 2.93. The Labute approximate surface area is 165 Å². The number of carbonyl (C=O) groups is 4. The zero-order valence-electron chi connectivity index (χ0n) is 15.6. The van der Waals surface area contributed by atoms with Gasteiger partial charge in [0.25, 0.3) is 11.6 Å². The summed E-state index contributed by atoms with van der Waals surface area (Å²) in [5.74, 6) is -3.44. The molecule has 1 aliphatic carbocycles. The van der Waals surface area contributed by atoms with Crippen molar-refractivity contribution in [3.63, 3.8) is 0 Å². The molecule has 3 atom stereocenters. The van der Waals surface area contributed by atoms with E-state index in [2.05, 4.69) is 5.32 Å². The van der Waals surface area contributed by atoms with E-state index in [1.54, 1.807) is 0 Å². The molecule has 0 radical (unpaired) electrons. The SMILES string of the molecule is C[C@@H](OC(=O)CN1C(=O)[C@H]2CC=CC[C@@H]2C1=O)C(=O)Nc1ccccc1[N+](=O)[O-]. The smallest absolute Gasteiger partial charge is 0.326 e. The first-order valence-electron chi connectivity index (χ1n) is 9.03. The number of nitro groups is 1. The van der Waals surface area contributed by atoms with E-state index in [1.807, 2.05) is 12.2 Å². The highest BCUT2D eigenvalue weighted by molar-refractivity contribution is 6.07. The Morgan fingerprint density at radius 1 is 1.21 bits per heavy atom. The van der Waals surface area contributed by atoms with Gasteiger partial charge in [-0.2, -0.15) is 0 Å². The van der Waals surface area contributed by atoms with E-state index in [1.165, 1.54) is 31.2 Å². The predicted molar refractivity (Wildman–Crippen MR) is 99.4 cm³/mol. The lowest BCUT2D eigenvalue weighted by Crippen LogP contribution is -2.39. The van der Waals surface area contributed by atoms with E-state index < -0.39 is 53.1 Å². The number of imide groups is 1. The molecular weight excluding hydrogens is 382 g/mol. The molecule has 0 aromatic heterocycles. The van der Waals surface area contributed by atoms with Crippen molar-refractivity contribution in [2.24, 2.45) is 11.8 Å². The van der Waals surface area contributed by atoms with Crippen molar-refractivity contribution < 1.29 is 28.8 Å². The molecule has 0 bridgehead atoms. The summed E-state index contributed by atoms with van der Waals surface area (Å²) in [6, 6.07) is 5.54. The van der Waals surface area contributed by atoms with Gasteiger partial charge in [-0.15, -0.1) is 0 Å². The van der Waals surface area contributed by atoms with Crippen molar-refractivity contribution in [1.82, 2.24) is 4.90 Å². The largest absolute Gasteiger partial charge is 0.451 e. The summed E-state index contributed by atoms with van der Waals surface area (Å²) >= 11 is 0. The van der Waals surface area contributed by atoms with E-state index in [9.17, 15) is 29.3 Å². The minimum absolute atomic E-state index is 0.0353. The average molecular weight is 401 g/mol. The Hall–Kier alpha value is -3.56. The van der Waals surface area contributed by atoms with Gasteiger partial charge in [-0.1, -0.05) is 24.3 Å². The van der Waals surface area contributed by atoms with E-state index in [4.69, 9.17) is 4.74 Å². The number of fused-ring (bicyclic) bond motifs is 1. The molecule has 1 saturated heterocycles. The molecule has 3 rings (SSSR count). The standard InChI is InChI=1S/C19H19N3O7/c1-11(17(24)20-14-8-4-5-9-15(14)22(27)28)29-16(23)10-21-18(25)12-6-2-3-7-13(12)19(21)26/h2-5,8-9,11-13H,6-7,10H2,1H3,(H,20,24)/t11-,12+,13+/m1/s1. The molecule has 0 unspecified atom stereocenters. The number of nitrogens with zero attached hydrogens (tertiary/aromatic N) is 2. The number of amides is 3. The lowest BCUT2D eigenvalue weighted by Gasteiger charge is -2.17. The minimum Gasteiger partial charge on any atom is -0.451 e. The molecule has 29 heavy (non-hydrogen) atoms. The quantitative estimate of drug-likeness (QED) is 0.250. The second-order valence-corrected chi connectivity index (χ2v) is 6.81. The number of nitro benzene ring substituents is 1. The molecule has 1 aromatic rings. The predicted octanol–water partition coefficient (Wildman–Crippen LogP) is 1.42. The van der Waals surface area contributed by atoms with Gasteiger partial charge in [-0.3, -0.25) is 34.2 Å². The van der Waals surface area contributed by atoms with Gasteiger partial charge in [0.05, 0.1) is 16.8 Å². The molecule has 10 heteroatoms. The summed E-state index contributed by atoms with van der Waals surface area (Å²) in [5.41, 5.74) is -0.337. The maximum atomic E-state index is 12.4. The number of nitrogens with one attached hydrogen (secondary N) is 1. The molecule has 1 aromatic carbocycles. The van der Waals surface area contributed by atoms with Crippen LogP contribution >= 0.6 is 0 Å². The van der Waals surface area contributed by atoms with Gasteiger partial charge in [0.1, 0.15) is 12.2 Å². The molecule has 1 heterocycles. The summed E-state index contributed by atoms with van der Waals surface area (Å²) in [7, 11) is 0. The Kier molecular flexibility index (Phi) is 5.71. The zero-order valence-corrected chi connectivity index (χ0v) is 15.6. The van der Waals surface area contributed by atoms with Crippen LogP contribution in [-0.2, 0) is 23.9 Å². The Morgan fingerprint density at radius 3 is 2.38 bits per heavy atom. The normalized spacial score (nSPS) is 21.5. The van der Waals surface area contributed by atoms with Crippen LogP contribution in [0.25, 0.3) is 0 Å². The lowest BCUT2D eigenvalue weighted by atomic mass is 9.85. The first-order chi connectivity index (χ1) is 13.8. The van der Waals surface area contributed by atoms with Gasteiger partial charge >= 0.3 is 5.97 Å². The highest BCUT2D eigenvalue weighted by atomic mass is 16.6. The monoisotopic (exact) mass is 401 g/mol. The molecule has 152 valence electrons. The van der Waals surface area contributed by atoms with Crippen LogP contribution in [0, 0.1) is 22.0 Å².